The number of hydrogen-bond donors (Lipinski definition) is 1. The van der Waals surface area contributed by atoms with E-state index in [2.05, 4.69) is 10.3 Å². The van der Waals surface area contributed by atoms with Crippen molar-refractivity contribution in [1.29, 1.82) is 0 Å². The third-order valence-electron chi connectivity index (χ3n) is 4.47. The fourth-order valence-corrected chi connectivity index (χ4v) is 3.23. The van der Waals surface area contributed by atoms with Gasteiger partial charge in [-0.25, -0.2) is 4.98 Å². The Labute approximate surface area is 163 Å². The number of aryl methyl sites for hydroxylation is 2. The number of ether oxygens (including phenoxy) is 1. The van der Waals surface area contributed by atoms with Crippen molar-refractivity contribution in [3.8, 4) is 17.2 Å². The SMILES string of the molecule is COc1ccc(-c2nc3ccccc3o2)cc1NC(=O)c1cc(C)cc(C)c1. The van der Waals surface area contributed by atoms with Crippen LogP contribution >= 0.6 is 0 Å². The molecule has 0 aliphatic carbocycles. The highest BCUT2D eigenvalue weighted by molar-refractivity contribution is 6.05. The van der Waals surface area contributed by atoms with Crippen LogP contribution < -0.4 is 10.1 Å². The van der Waals surface area contributed by atoms with Crippen LogP contribution in [0.2, 0.25) is 0 Å². The molecule has 28 heavy (non-hydrogen) atoms. The fraction of sp³-hybridized carbons (Fsp3) is 0.130. The van der Waals surface area contributed by atoms with E-state index in [0.29, 0.717) is 28.5 Å². The Morgan fingerprint density at radius 2 is 1.75 bits per heavy atom. The maximum Gasteiger partial charge on any atom is 0.255 e. The van der Waals surface area contributed by atoms with E-state index < -0.39 is 0 Å². The lowest BCUT2D eigenvalue weighted by atomic mass is 10.1. The lowest BCUT2D eigenvalue weighted by Crippen LogP contribution is -2.13. The minimum Gasteiger partial charge on any atom is -0.495 e. The van der Waals surface area contributed by atoms with Gasteiger partial charge in [-0.3, -0.25) is 4.79 Å². The molecule has 4 aromatic rings. The van der Waals surface area contributed by atoms with E-state index in [-0.39, 0.29) is 5.91 Å². The molecule has 0 unspecified atom stereocenters. The minimum atomic E-state index is -0.195. The molecule has 1 aromatic heterocycles. The lowest BCUT2D eigenvalue weighted by Gasteiger charge is -2.12. The van der Waals surface area contributed by atoms with Crippen LogP contribution in [0.15, 0.2) is 65.1 Å². The van der Waals surface area contributed by atoms with Gasteiger partial charge in [-0.15, -0.1) is 0 Å². The van der Waals surface area contributed by atoms with Crippen LogP contribution in [0.25, 0.3) is 22.6 Å². The Morgan fingerprint density at radius 3 is 2.46 bits per heavy atom. The van der Waals surface area contributed by atoms with Gasteiger partial charge in [0.25, 0.3) is 5.91 Å². The number of carbonyl (C=O) groups is 1. The zero-order valence-electron chi connectivity index (χ0n) is 15.9. The summed E-state index contributed by atoms with van der Waals surface area (Å²) in [5.41, 5.74) is 5.50. The molecule has 0 aliphatic heterocycles. The molecule has 5 nitrogen and oxygen atoms in total. The zero-order valence-corrected chi connectivity index (χ0v) is 15.9. The Kier molecular flexibility index (Phi) is 4.57. The Balaban J connectivity index is 1.69. The number of oxazole rings is 1. The Hall–Kier alpha value is -3.60. The molecule has 0 spiro atoms. The molecule has 1 heterocycles. The molecule has 0 radical (unpaired) electrons. The summed E-state index contributed by atoms with van der Waals surface area (Å²) in [4.78, 5) is 17.3. The number of amides is 1. The van der Waals surface area contributed by atoms with Crippen LogP contribution in [0.1, 0.15) is 21.5 Å². The second-order valence-electron chi connectivity index (χ2n) is 6.73. The Morgan fingerprint density at radius 1 is 1.00 bits per heavy atom. The summed E-state index contributed by atoms with van der Waals surface area (Å²) in [7, 11) is 1.57. The molecule has 0 atom stereocenters. The predicted octanol–water partition coefficient (Wildman–Crippen LogP) is 5.37. The van der Waals surface area contributed by atoms with Crippen molar-refractivity contribution in [2.45, 2.75) is 13.8 Å². The number of fused-ring (bicyclic) bond motifs is 1. The van der Waals surface area contributed by atoms with Crippen molar-refractivity contribution in [1.82, 2.24) is 4.98 Å². The fourth-order valence-electron chi connectivity index (χ4n) is 3.23. The number of nitrogens with one attached hydrogen (secondary N) is 1. The molecule has 3 aromatic carbocycles. The molecule has 1 N–H and O–H groups in total. The van der Waals surface area contributed by atoms with Crippen LogP contribution in [0.5, 0.6) is 5.75 Å². The Bertz CT molecular complexity index is 1120. The highest BCUT2D eigenvalue weighted by Crippen LogP contribution is 2.32. The van der Waals surface area contributed by atoms with Crippen molar-refractivity contribution in [3.63, 3.8) is 0 Å². The molecule has 0 saturated heterocycles. The molecular formula is C23H20N2O3. The topological polar surface area (TPSA) is 64.4 Å². The van der Waals surface area contributed by atoms with Crippen LogP contribution in [0, 0.1) is 13.8 Å². The van der Waals surface area contributed by atoms with Crippen LogP contribution in [-0.4, -0.2) is 18.0 Å². The van der Waals surface area contributed by atoms with Crippen LogP contribution in [0.3, 0.4) is 0 Å². The number of benzene rings is 3. The van der Waals surface area contributed by atoms with Gasteiger partial charge in [0.15, 0.2) is 5.58 Å². The van der Waals surface area contributed by atoms with Gasteiger partial charge in [-0.2, -0.15) is 0 Å². The third kappa shape index (κ3) is 3.47. The minimum absolute atomic E-state index is 0.195. The van der Waals surface area contributed by atoms with Gasteiger partial charge >= 0.3 is 0 Å². The smallest absolute Gasteiger partial charge is 0.255 e. The molecule has 0 saturated carbocycles. The van der Waals surface area contributed by atoms with Gasteiger partial charge < -0.3 is 14.5 Å². The van der Waals surface area contributed by atoms with E-state index in [1.54, 1.807) is 13.2 Å². The number of hydrogen-bond acceptors (Lipinski definition) is 4. The molecule has 5 heteroatoms. The molecule has 1 amide bonds. The first kappa shape index (κ1) is 17.8. The monoisotopic (exact) mass is 372 g/mol. The van der Waals surface area contributed by atoms with E-state index >= 15 is 0 Å². The summed E-state index contributed by atoms with van der Waals surface area (Å²) in [6, 6.07) is 18.8. The van der Waals surface area contributed by atoms with Gasteiger partial charge in [0.1, 0.15) is 11.3 Å². The summed E-state index contributed by atoms with van der Waals surface area (Å²) >= 11 is 0. The van der Waals surface area contributed by atoms with Gasteiger partial charge in [-0.1, -0.05) is 29.3 Å². The first-order valence-corrected chi connectivity index (χ1v) is 8.97. The number of anilines is 1. The maximum absolute atomic E-state index is 12.8. The van der Waals surface area contributed by atoms with Crippen molar-refractivity contribution in [2.24, 2.45) is 0 Å². The third-order valence-corrected chi connectivity index (χ3v) is 4.47. The van der Waals surface area contributed by atoms with Gasteiger partial charge in [0, 0.05) is 11.1 Å². The summed E-state index contributed by atoms with van der Waals surface area (Å²) in [5, 5.41) is 2.94. The summed E-state index contributed by atoms with van der Waals surface area (Å²) in [5.74, 6) is 0.864. The standard InChI is InChI=1S/C23H20N2O3/c1-14-10-15(2)12-17(11-14)22(26)24-19-13-16(8-9-20(19)27-3)23-25-18-6-4-5-7-21(18)28-23/h4-13H,1-3H3,(H,24,26). The van der Waals surface area contributed by atoms with Crippen molar-refractivity contribution in [3.05, 3.63) is 77.4 Å². The quantitative estimate of drug-likeness (QED) is 0.523. The molecule has 4 rings (SSSR count). The summed E-state index contributed by atoms with van der Waals surface area (Å²) in [6.07, 6.45) is 0. The van der Waals surface area contributed by atoms with Crippen molar-refractivity contribution < 1.29 is 13.9 Å². The van der Waals surface area contributed by atoms with Crippen molar-refractivity contribution in [2.75, 3.05) is 12.4 Å². The first-order chi connectivity index (χ1) is 13.5. The second-order valence-corrected chi connectivity index (χ2v) is 6.73. The van der Waals surface area contributed by atoms with Gasteiger partial charge in [-0.05, 0) is 56.3 Å². The molecular weight excluding hydrogens is 352 g/mol. The highest BCUT2D eigenvalue weighted by Gasteiger charge is 2.14. The van der Waals surface area contributed by atoms with Crippen LogP contribution in [0.4, 0.5) is 5.69 Å². The van der Waals surface area contributed by atoms with Crippen LogP contribution in [-0.2, 0) is 0 Å². The molecule has 0 fully saturated rings. The lowest BCUT2D eigenvalue weighted by molar-refractivity contribution is 0.102. The number of para-hydroxylation sites is 2. The zero-order chi connectivity index (χ0) is 19.7. The number of nitrogens with zero attached hydrogens (tertiary/aromatic N) is 1. The summed E-state index contributed by atoms with van der Waals surface area (Å²) in [6.45, 7) is 3.94. The number of methoxy groups -OCH3 is 1. The van der Waals surface area contributed by atoms with Crippen molar-refractivity contribution >= 4 is 22.7 Å². The first-order valence-electron chi connectivity index (χ1n) is 8.97. The van der Waals surface area contributed by atoms with Gasteiger partial charge in [0.2, 0.25) is 5.89 Å². The van der Waals surface area contributed by atoms with E-state index in [4.69, 9.17) is 9.15 Å². The predicted molar refractivity (Wildman–Crippen MR) is 110 cm³/mol. The average molecular weight is 372 g/mol. The van der Waals surface area contributed by atoms with Gasteiger partial charge in [0.05, 0.1) is 12.8 Å². The van der Waals surface area contributed by atoms with E-state index in [1.165, 1.54) is 0 Å². The second kappa shape index (κ2) is 7.19. The molecule has 0 bridgehead atoms. The van der Waals surface area contributed by atoms with E-state index in [0.717, 1.165) is 22.2 Å². The molecule has 140 valence electrons. The highest BCUT2D eigenvalue weighted by atomic mass is 16.5. The van der Waals surface area contributed by atoms with E-state index in [1.807, 2.05) is 68.4 Å². The average Bonchev–Trinajstić information content (AvgIpc) is 3.11. The number of rotatable bonds is 4. The summed E-state index contributed by atoms with van der Waals surface area (Å²) < 4.78 is 11.3. The number of aromatic nitrogens is 1. The normalized spacial score (nSPS) is 10.8. The maximum atomic E-state index is 12.8. The largest absolute Gasteiger partial charge is 0.495 e. The van der Waals surface area contributed by atoms with E-state index in [9.17, 15) is 4.79 Å². The number of carbonyl (C=O) groups excluding carboxylic acids is 1. The molecule has 0 aliphatic rings.